The third-order valence-electron chi connectivity index (χ3n) is 3.27. The number of ketones is 1. The molecule has 0 spiro atoms. The summed E-state index contributed by atoms with van der Waals surface area (Å²) in [6.07, 6.45) is 5.26. The van der Waals surface area contributed by atoms with Crippen molar-refractivity contribution in [2.45, 2.75) is 32.1 Å². The van der Waals surface area contributed by atoms with Gasteiger partial charge in [-0.2, -0.15) is 0 Å². The van der Waals surface area contributed by atoms with Crippen LogP contribution in [-0.2, 0) is 16.0 Å². The van der Waals surface area contributed by atoms with Gasteiger partial charge in [-0.15, -0.1) is 0 Å². The molecule has 4 heteroatoms. The number of nitrogens with one attached hydrogen (secondary N) is 2. The highest BCUT2D eigenvalue weighted by atomic mass is 16.2. The zero-order chi connectivity index (χ0) is 12.1. The SMILES string of the molecule is O=C1CCC(C(=O)NCCc2ccc[nH]2)CC1. The van der Waals surface area contributed by atoms with Gasteiger partial charge in [-0.05, 0) is 25.0 Å². The molecule has 1 aromatic heterocycles. The Labute approximate surface area is 101 Å². The molecule has 2 N–H and O–H groups in total. The van der Waals surface area contributed by atoms with Gasteiger partial charge in [0.2, 0.25) is 5.91 Å². The minimum atomic E-state index is 0.0383. The van der Waals surface area contributed by atoms with E-state index in [2.05, 4.69) is 10.3 Å². The predicted octanol–water partition coefficient (Wildman–Crippen LogP) is 1.43. The van der Waals surface area contributed by atoms with E-state index in [1.54, 1.807) is 0 Å². The number of amides is 1. The third kappa shape index (κ3) is 3.44. The summed E-state index contributed by atoms with van der Waals surface area (Å²) in [4.78, 5) is 26.0. The molecule has 0 bridgehead atoms. The number of Topliss-reactive ketones (excluding diaryl/α,β-unsaturated/α-hetero) is 1. The summed E-state index contributed by atoms with van der Waals surface area (Å²) in [5.41, 5.74) is 1.13. The smallest absolute Gasteiger partial charge is 0.223 e. The summed E-state index contributed by atoms with van der Waals surface area (Å²) < 4.78 is 0. The van der Waals surface area contributed by atoms with Crippen LogP contribution >= 0.6 is 0 Å². The zero-order valence-corrected chi connectivity index (χ0v) is 9.87. The molecule has 0 aromatic carbocycles. The number of hydrogen-bond donors (Lipinski definition) is 2. The Bertz CT molecular complexity index is 374. The topological polar surface area (TPSA) is 62.0 Å². The molecule has 1 amide bonds. The molecule has 1 aromatic rings. The van der Waals surface area contributed by atoms with Crippen LogP contribution in [0.15, 0.2) is 18.3 Å². The number of hydrogen-bond acceptors (Lipinski definition) is 2. The van der Waals surface area contributed by atoms with Crippen LogP contribution in [-0.4, -0.2) is 23.2 Å². The van der Waals surface area contributed by atoms with Gasteiger partial charge in [0, 0.05) is 43.6 Å². The molecule has 0 saturated heterocycles. The molecule has 17 heavy (non-hydrogen) atoms. The van der Waals surface area contributed by atoms with E-state index in [4.69, 9.17) is 0 Å². The maximum Gasteiger partial charge on any atom is 0.223 e. The van der Waals surface area contributed by atoms with E-state index in [-0.39, 0.29) is 11.8 Å². The van der Waals surface area contributed by atoms with Crippen LogP contribution in [0.4, 0.5) is 0 Å². The zero-order valence-electron chi connectivity index (χ0n) is 9.87. The Morgan fingerprint density at radius 3 is 2.82 bits per heavy atom. The maximum absolute atomic E-state index is 11.8. The molecule has 1 saturated carbocycles. The lowest BCUT2D eigenvalue weighted by atomic mass is 9.88. The Hall–Kier alpha value is -1.58. The number of aromatic amines is 1. The van der Waals surface area contributed by atoms with E-state index in [0.717, 1.165) is 12.1 Å². The van der Waals surface area contributed by atoms with Gasteiger partial charge in [0.1, 0.15) is 5.78 Å². The first kappa shape index (κ1) is 11.9. The van der Waals surface area contributed by atoms with Gasteiger partial charge < -0.3 is 10.3 Å². The van der Waals surface area contributed by atoms with Gasteiger partial charge in [-0.3, -0.25) is 9.59 Å². The van der Waals surface area contributed by atoms with E-state index in [1.807, 2.05) is 18.3 Å². The van der Waals surface area contributed by atoms with Gasteiger partial charge in [0.25, 0.3) is 0 Å². The molecule has 1 fully saturated rings. The molecular formula is C13H18N2O2. The first-order valence-corrected chi connectivity index (χ1v) is 6.17. The largest absolute Gasteiger partial charge is 0.365 e. The van der Waals surface area contributed by atoms with Crippen LogP contribution in [0.3, 0.4) is 0 Å². The summed E-state index contributed by atoms with van der Waals surface area (Å²) in [5, 5.41) is 2.94. The molecule has 1 heterocycles. The second kappa shape index (κ2) is 5.66. The van der Waals surface area contributed by atoms with Crippen LogP contribution < -0.4 is 5.32 Å². The first-order valence-electron chi connectivity index (χ1n) is 6.17. The highest BCUT2D eigenvalue weighted by Gasteiger charge is 2.24. The number of H-pyrrole nitrogens is 1. The summed E-state index contributed by atoms with van der Waals surface area (Å²) in [5.74, 6) is 0.431. The van der Waals surface area contributed by atoms with Gasteiger partial charge >= 0.3 is 0 Å². The second-order valence-electron chi connectivity index (χ2n) is 4.55. The second-order valence-corrected chi connectivity index (χ2v) is 4.55. The van der Waals surface area contributed by atoms with Gasteiger partial charge in [0.05, 0.1) is 0 Å². The molecule has 0 radical (unpaired) electrons. The monoisotopic (exact) mass is 234 g/mol. The van der Waals surface area contributed by atoms with Crippen molar-refractivity contribution in [2.24, 2.45) is 5.92 Å². The molecule has 1 aliphatic rings. The average Bonchev–Trinajstić information content (AvgIpc) is 2.83. The summed E-state index contributed by atoms with van der Waals surface area (Å²) >= 11 is 0. The fourth-order valence-electron chi connectivity index (χ4n) is 2.19. The normalized spacial score (nSPS) is 17.1. The molecule has 0 atom stereocenters. The Morgan fingerprint density at radius 1 is 1.41 bits per heavy atom. The van der Waals surface area contributed by atoms with Gasteiger partial charge in [-0.25, -0.2) is 0 Å². The van der Waals surface area contributed by atoms with Crippen molar-refractivity contribution in [3.8, 4) is 0 Å². The minimum Gasteiger partial charge on any atom is -0.365 e. The summed E-state index contributed by atoms with van der Waals surface area (Å²) in [7, 11) is 0. The highest BCUT2D eigenvalue weighted by molar-refractivity contribution is 5.84. The molecule has 2 rings (SSSR count). The molecule has 1 aliphatic carbocycles. The number of rotatable bonds is 4. The van der Waals surface area contributed by atoms with Crippen molar-refractivity contribution in [1.82, 2.24) is 10.3 Å². The standard InChI is InChI=1S/C13H18N2O2/c16-12-5-3-10(4-6-12)13(17)15-9-7-11-2-1-8-14-11/h1-2,8,10,14H,3-7,9H2,(H,15,17). The molecule has 0 aliphatic heterocycles. The van der Waals surface area contributed by atoms with Crippen molar-refractivity contribution in [3.63, 3.8) is 0 Å². The van der Waals surface area contributed by atoms with E-state index in [1.165, 1.54) is 0 Å². The lowest BCUT2D eigenvalue weighted by Gasteiger charge is -2.19. The minimum absolute atomic E-state index is 0.0383. The Balaban J connectivity index is 1.68. The van der Waals surface area contributed by atoms with E-state index in [0.29, 0.717) is 38.0 Å². The summed E-state index contributed by atoms with van der Waals surface area (Å²) in [6.45, 7) is 0.657. The number of carbonyl (C=O) groups excluding carboxylic acids is 2. The third-order valence-corrected chi connectivity index (χ3v) is 3.27. The van der Waals surface area contributed by atoms with Gasteiger partial charge in [0.15, 0.2) is 0 Å². The van der Waals surface area contributed by atoms with Crippen molar-refractivity contribution < 1.29 is 9.59 Å². The number of carbonyl (C=O) groups is 2. The van der Waals surface area contributed by atoms with E-state index >= 15 is 0 Å². The molecular weight excluding hydrogens is 216 g/mol. The first-order chi connectivity index (χ1) is 8.25. The van der Waals surface area contributed by atoms with Crippen LogP contribution in [0.5, 0.6) is 0 Å². The lowest BCUT2D eigenvalue weighted by Crippen LogP contribution is -2.34. The molecule has 0 unspecified atom stereocenters. The van der Waals surface area contributed by atoms with Crippen molar-refractivity contribution >= 4 is 11.7 Å². The van der Waals surface area contributed by atoms with Crippen molar-refractivity contribution in [2.75, 3.05) is 6.54 Å². The average molecular weight is 234 g/mol. The molecule has 92 valence electrons. The highest BCUT2D eigenvalue weighted by Crippen LogP contribution is 2.21. The Morgan fingerprint density at radius 2 is 2.18 bits per heavy atom. The fraction of sp³-hybridized carbons (Fsp3) is 0.538. The predicted molar refractivity (Wildman–Crippen MR) is 64.5 cm³/mol. The number of aromatic nitrogens is 1. The Kier molecular flexibility index (Phi) is 3.96. The van der Waals surface area contributed by atoms with Crippen LogP contribution in [0.2, 0.25) is 0 Å². The van der Waals surface area contributed by atoms with Crippen LogP contribution in [0.25, 0.3) is 0 Å². The molecule has 4 nitrogen and oxygen atoms in total. The summed E-state index contributed by atoms with van der Waals surface area (Å²) in [6, 6.07) is 3.95. The van der Waals surface area contributed by atoms with E-state index in [9.17, 15) is 9.59 Å². The van der Waals surface area contributed by atoms with Crippen LogP contribution in [0, 0.1) is 5.92 Å². The van der Waals surface area contributed by atoms with Crippen LogP contribution in [0.1, 0.15) is 31.4 Å². The van der Waals surface area contributed by atoms with Gasteiger partial charge in [-0.1, -0.05) is 0 Å². The maximum atomic E-state index is 11.8. The van der Waals surface area contributed by atoms with Crippen molar-refractivity contribution in [1.29, 1.82) is 0 Å². The quantitative estimate of drug-likeness (QED) is 0.828. The van der Waals surface area contributed by atoms with Crippen molar-refractivity contribution in [3.05, 3.63) is 24.0 Å². The fourth-order valence-corrected chi connectivity index (χ4v) is 2.19. The lowest BCUT2D eigenvalue weighted by molar-refractivity contribution is -0.128. The van der Waals surface area contributed by atoms with E-state index < -0.39 is 0 Å².